The normalized spacial score (nSPS) is 19.9. The highest BCUT2D eigenvalue weighted by Crippen LogP contribution is 2.20. The van der Waals surface area contributed by atoms with Crippen LogP contribution in [0.15, 0.2) is 18.2 Å². The van der Waals surface area contributed by atoms with Gasteiger partial charge in [0.05, 0.1) is 17.6 Å². The number of nitriles is 1. The summed E-state index contributed by atoms with van der Waals surface area (Å²) in [7, 11) is 0. The van der Waals surface area contributed by atoms with Gasteiger partial charge in [-0.3, -0.25) is 9.69 Å². The first-order valence-electron chi connectivity index (χ1n) is 6.61. The Hall–Kier alpha value is -1.86. The number of nitrogens with zero attached hydrogens (tertiary/aromatic N) is 2. The van der Waals surface area contributed by atoms with E-state index in [2.05, 4.69) is 11.0 Å². The van der Waals surface area contributed by atoms with Crippen LogP contribution in [0.25, 0.3) is 0 Å². The Kier molecular flexibility index (Phi) is 4.18. The molecule has 0 aromatic heterocycles. The lowest BCUT2D eigenvalue weighted by Crippen LogP contribution is -2.40. The van der Waals surface area contributed by atoms with E-state index in [4.69, 9.17) is 11.0 Å². The molecule has 0 saturated carbocycles. The molecule has 1 saturated heterocycles. The van der Waals surface area contributed by atoms with Gasteiger partial charge in [-0.2, -0.15) is 5.26 Å². The third-order valence-corrected chi connectivity index (χ3v) is 3.77. The molecule has 2 N–H and O–H groups in total. The molecule has 0 radical (unpaired) electrons. The summed E-state index contributed by atoms with van der Waals surface area (Å²) in [6, 6.07) is 7.90. The predicted octanol–water partition coefficient (Wildman–Crippen LogP) is 1.56. The van der Waals surface area contributed by atoms with Gasteiger partial charge in [-0.25, -0.2) is 0 Å². The molecule has 1 fully saturated rings. The Morgan fingerprint density at radius 3 is 3.00 bits per heavy atom. The van der Waals surface area contributed by atoms with Crippen molar-refractivity contribution in [1.29, 1.82) is 5.26 Å². The largest absolute Gasteiger partial charge is 0.369 e. The summed E-state index contributed by atoms with van der Waals surface area (Å²) in [4.78, 5) is 13.5. The van der Waals surface area contributed by atoms with Gasteiger partial charge in [0.1, 0.15) is 0 Å². The third kappa shape index (κ3) is 3.33. The van der Waals surface area contributed by atoms with E-state index in [1.807, 2.05) is 25.1 Å². The van der Waals surface area contributed by atoms with Crippen LogP contribution in [0.3, 0.4) is 0 Å². The molecule has 2 rings (SSSR count). The number of rotatable bonds is 3. The number of likely N-dealkylation sites (tertiary alicyclic amines) is 1. The second kappa shape index (κ2) is 5.85. The van der Waals surface area contributed by atoms with E-state index in [-0.39, 0.29) is 11.8 Å². The van der Waals surface area contributed by atoms with Crippen molar-refractivity contribution in [3.8, 4) is 6.07 Å². The molecule has 1 aromatic carbocycles. The fourth-order valence-corrected chi connectivity index (χ4v) is 2.62. The first-order chi connectivity index (χ1) is 9.10. The van der Waals surface area contributed by atoms with Crippen LogP contribution < -0.4 is 5.73 Å². The lowest BCUT2D eigenvalue weighted by Gasteiger charge is -2.31. The molecular weight excluding hydrogens is 238 g/mol. The molecule has 1 atom stereocenters. The van der Waals surface area contributed by atoms with Crippen LogP contribution in [0.2, 0.25) is 0 Å². The van der Waals surface area contributed by atoms with E-state index in [0.29, 0.717) is 5.56 Å². The molecule has 1 aromatic rings. The minimum absolute atomic E-state index is 0.0209. The highest BCUT2D eigenvalue weighted by molar-refractivity contribution is 5.76. The number of hydrogen-bond acceptors (Lipinski definition) is 3. The van der Waals surface area contributed by atoms with Gasteiger partial charge in [-0.05, 0) is 49.6 Å². The van der Waals surface area contributed by atoms with Crippen molar-refractivity contribution in [2.75, 3.05) is 13.1 Å². The van der Waals surface area contributed by atoms with Gasteiger partial charge in [0.25, 0.3) is 0 Å². The highest BCUT2D eigenvalue weighted by Gasteiger charge is 2.24. The summed E-state index contributed by atoms with van der Waals surface area (Å²) in [5, 5.41) is 8.86. The van der Waals surface area contributed by atoms with Gasteiger partial charge in [0.2, 0.25) is 5.91 Å². The monoisotopic (exact) mass is 257 g/mol. The SMILES string of the molecule is Cc1cc(C#N)ccc1CN1CCCC(C(N)=O)C1. The number of piperidine rings is 1. The number of aryl methyl sites for hydroxylation is 1. The summed E-state index contributed by atoms with van der Waals surface area (Å²) in [5.41, 5.74) is 8.42. The van der Waals surface area contributed by atoms with Gasteiger partial charge >= 0.3 is 0 Å². The van der Waals surface area contributed by atoms with E-state index in [9.17, 15) is 4.79 Å². The van der Waals surface area contributed by atoms with Gasteiger partial charge in [0.15, 0.2) is 0 Å². The molecule has 1 aliphatic rings. The molecule has 0 spiro atoms. The number of carbonyl (C=O) groups is 1. The molecule has 1 aliphatic heterocycles. The van der Waals surface area contributed by atoms with Crippen molar-refractivity contribution in [2.45, 2.75) is 26.3 Å². The smallest absolute Gasteiger partial charge is 0.221 e. The molecular formula is C15H19N3O. The Morgan fingerprint density at radius 2 is 2.37 bits per heavy atom. The minimum Gasteiger partial charge on any atom is -0.369 e. The van der Waals surface area contributed by atoms with Crippen LogP contribution in [0, 0.1) is 24.2 Å². The number of carbonyl (C=O) groups excluding carboxylic acids is 1. The van der Waals surface area contributed by atoms with Crippen molar-refractivity contribution >= 4 is 5.91 Å². The molecule has 1 unspecified atom stereocenters. The number of primary amides is 1. The summed E-state index contributed by atoms with van der Waals surface area (Å²) in [6.07, 6.45) is 1.92. The van der Waals surface area contributed by atoms with E-state index in [0.717, 1.165) is 38.0 Å². The molecule has 4 heteroatoms. The first kappa shape index (κ1) is 13.6. The van der Waals surface area contributed by atoms with E-state index >= 15 is 0 Å². The standard InChI is InChI=1S/C15H19N3O/c1-11-7-12(8-16)4-5-13(11)9-18-6-2-3-14(10-18)15(17)19/h4-5,7,14H,2-3,6,9-10H2,1H3,(H2,17,19). The zero-order valence-electron chi connectivity index (χ0n) is 11.2. The van der Waals surface area contributed by atoms with Crippen LogP contribution >= 0.6 is 0 Å². The molecule has 0 bridgehead atoms. The van der Waals surface area contributed by atoms with Gasteiger partial charge < -0.3 is 5.73 Å². The van der Waals surface area contributed by atoms with E-state index in [1.54, 1.807) is 0 Å². The first-order valence-corrected chi connectivity index (χ1v) is 6.61. The number of nitrogens with two attached hydrogens (primary N) is 1. The second-order valence-corrected chi connectivity index (χ2v) is 5.23. The molecule has 19 heavy (non-hydrogen) atoms. The van der Waals surface area contributed by atoms with Gasteiger partial charge in [-0.1, -0.05) is 6.07 Å². The average molecular weight is 257 g/mol. The van der Waals surface area contributed by atoms with Gasteiger partial charge in [0, 0.05) is 13.1 Å². The van der Waals surface area contributed by atoms with E-state index < -0.39 is 0 Å². The van der Waals surface area contributed by atoms with Crippen molar-refractivity contribution in [2.24, 2.45) is 11.7 Å². The number of benzene rings is 1. The Morgan fingerprint density at radius 1 is 1.58 bits per heavy atom. The van der Waals surface area contributed by atoms with Crippen LogP contribution in [0.1, 0.15) is 29.5 Å². The molecule has 1 heterocycles. The average Bonchev–Trinajstić information content (AvgIpc) is 2.41. The van der Waals surface area contributed by atoms with Gasteiger partial charge in [-0.15, -0.1) is 0 Å². The maximum Gasteiger partial charge on any atom is 0.221 e. The van der Waals surface area contributed by atoms with E-state index in [1.165, 1.54) is 5.56 Å². The fourth-order valence-electron chi connectivity index (χ4n) is 2.62. The van der Waals surface area contributed by atoms with Crippen molar-refractivity contribution in [3.05, 3.63) is 34.9 Å². The molecule has 0 aliphatic carbocycles. The topological polar surface area (TPSA) is 70.1 Å². The second-order valence-electron chi connectivity index (χ2n) is 5.23. The Labute approximate surface area is 113 Å². The predicted molar refractivity (Wildman–Crippen MR) is 73.1 cm³/mol. The molecule has 1 amide bonds. The quantitative estimate of drug-likeness (QED) is 0.893. The Bertz CT molecular complexity index is 519. The summed E-state index contributed by atoms with van der Waals surface area (Å²) >= 11 is 0. The molecule has 100 valence electrons. The number of hydrogen-bond donors (Lipinski definition) is 1. The lowest BCUT2D eigenvalue weighted by atomic mass is 9.96. The fraction of sp³-hybridized carbons (Fsp3) is 0.467. The zero-order chi connectivity index (χ0) is 13.8. The molecule has 4 nitrogen and oxygen atoms in total. The van der Waals surface area contributed by atoms with Crippen molar-refractivity contribution in [3.63, 3.8) is 0 Å². The number of amides is 1. The van der Waals surface area contributed by atoms with Crippen LogP contribution in [-0.4, -0.2) is 23.9 Å². The maximum absolute atomic E-state index is 11.3. The summed E-state index contributed by atoms with van der Waals surface area (Å²) in [6.45, 7) is 4.59. The summed E-state index contributed by atoms with van der Waals surface area (Å²) in [5.74, 6) is -0.214. The third-order valence-electron chi connectivity index (χ3n) is 3.77. The van der Waals surface area contributed by atoms with Crippen molar-refractivity contribution < 1.29 is 4.79 Å². The maximum atomic E-state index is 11.3. The van der Waals surface area contributed by atoms with Crippen molar-refractivity contribution in [1.82, 2.24) is 4.90 Å². The summed E-state index contributed by atoms with van der Waals surface area (Å²) < 4.78 is 0. The van der Waals surface area contributed by atoms with Crippen LogP contribution in [0.4, 0.5) is 0 Å². The minimum atomic E-state index is -0.193. The highest BCUT2D eigenvalue weighted by atomic mass is 16.1. The lowest BCUT2D eigenvalue weighted by molar-refractivity contribution is -0.123. The van der Waals surface area contributed by atoms with Crippen LogP contribution in [0.5, 0.6) is 0 Å². The van der Waals surface area contributed by atoms with Crippen LogP contribution in [-0.2, 0) is 11.3 Å². The Balaban J connectivity index is 2.05. The zero-order valence-corrected chi connectivity index (χ0v) is 11.2.